The molecule has 3 saturated carbocycles. The number of hydrogen-bond donors (Lipinski definition) is 1. The summed E-state index contributed by atoms with van der Waals surface area (Å²) in [6, 6.07) is 6.36. The van der Waals surface area contributed by atoms with Crippen molar-refractivity contribution < 1.29 is 50.7 Å². The van der Waals surface area contributed by atoms with E-state index in [2.05, 4.69) is 9.71 Å². The van der Waals surface area contributed by atoms with Crippen LogP contribution < -0.4 is 14.2 Å². The Morgan fingerprint density at radius 3 is 2.56 bits per heavy atom. The molecule has 15 heteroatoms. The van der Waals surface area contributed by atoms with Gasteiger partial charge in [-0.1, -0.05) is 13.3 Å². The van der Waals surface area contributed by atoms with Crippen LogP contribution >= 0.6 is 0 Å². The van der Waals surface area contributed by atoms with Crippen LogP contribution in [0.1, 0.15) is 78.1 Å². The van der Waals surface area contributed by atoms with Gasteiger partial charge in [-0.25, -0.2) is 13.9 Å². The molecule has 2 aliphatic heterocycles. The van der Waals surface area contributed by atoms with E-state index in [1.54, 1.807) is 26.3 Å². The quantitative estimate of drug-likeness (QED) is 0.248. The Balaban J connectivity index is 1.12. The first-order chi connectivity index (χ1) is 24.8. The topological polar surface area (TPSA) is 177 Å². The number of ketones is 1. The first-order valence-corrected chi connectivity index (χ1v) is 19.7. The van der Waals surface area contributed by atoms with Crippen LogP contribution in [0.3, 0.4) is 0 Å². The summed E-state index contributed by atoms with van der Waals surface area (Å²) in [5.74, 6) is -1.86. The van der Waals surface area contributed by atoms with Gasteiger partial charge >= 0.3 is 16.3 Å². The minimum atomic E-state index is -4.39. The Morgan fingerprint density at radius 1 is 1.12 bits per heavy atom. The molecule has 0 bridgehead atoms. The fourth-order valence-electron chi connectivity index (χ4n) is 7.80. The number of aromatic nitrogens is 1. The number of methoxy groups -OCH3 is 1. The molecule has 0 spiro atoms. The first kappa shape index (κ1) is 36.5. The largest absolute Gasteiger partial charge is 0.497 e. The fourth-order valence-corrected chi connectivity index (χ4v) is 8.97. The third kappa shape index (κ3) is 7.91. The van der Waals surface area contributed by atoms with Gasteiger partial charge in [0.1, 0.15) is 18.0 Å². The summed E-state index contributed by atoms with van der Waals surface area (Å²) >= 11 is 0. The predicted octanol–water partition coefficient (Wildman–Crippen LogP) is 3.65. The third-order valence-corrected chi connectivity index (χ3v) is 12.4. The van der Waals surface area contributed by atoms with Crippen LogP contribution in [0.2, 0.25) is 0 Å². The molecule has 0 unspecified atom stereocenters. The number of benzene rings is 1. The van der Waals surface area contributed by atoms with Crippen molar-refractivity contribution in [2.24, 2.45) is 23.2 Å². The lowest BCUT2D eigenvalue weighted by Gasteiger charge is -2.29. The molecule has 1 aromatic carbocycles. The Kier molecular flexibility index (Phi) is 9.98. The van der Waals surface area contributed by atoms with Crippen molar-refractivity contribution in [1.82, 2.24) is 14.6 Å². The number of Topliss-reactive ketones (excluding diaryl/α,β-unsaturated/α-hetero) is 1. The molecule has 6 atom stereocenters. The molecule has 5 aliphatic rings. The number of nitrogens with one attached hydrogen (secondary N) is 1. The number of nitrogens with zero attached hydrogens (tertiary/aromatic N) is 2. The first-order valence-electron chi connectivity index (χ1n) is 18.3. The summed E-state index contributed by atoms with van der Waals surface area (Å²) in [7, 11) is -2.81. The average Bonchev–Trinajstić information content (AvgIpc) is 4.07. The number of carbonyl (C=O) groups excluding carboxylic acids is 4. The Bertz CT molecular complexity index is 1840. The van der Waals surface area contributed by atoms with Crippen molar-refractivity contribution in [2.45, 2.75) is 102 Å². The Hall–Kier alpha value is -3.82. The van der Waals surface area contributed by atoms with Gasteiger partial charge in [-0.2, -0.15) is 8.42 Å². The number of fused-ring (bicyclic) bond motifs is 1. The minimum Gasteiger partial charge on any atom is -0.497 e. The maximum Gasteiger partial charge on any atom is 0.362 e. The number of pyridine rings is 1. The summed E-state index contributed by atoms with van der Waals surface area (Å²) in [5, 5.41) is 1.57. The molecule has 282 valence electrons. The van der Waals surface area contributed by atoms with Gasteiger partial charge in [0, 0.05) is 30.8 Å². The molecule has 52 heavy (non-hydrogen) atoms. The molecule has 0 radical (unpaired) electrons. The summed E-state index contributed by atoms with van der Waals surface area (Å²) < 4.78 is 55.6. The average molecular weight is 742 g/mol. The normalized spacial score (nSPS) is 28.2. The van der Waals surface area contributed by atoms with Crippen LogP contribution in [-0.2, 0) is 43.1 Å². The van der Waals surface area contributed by atoms with Crippen molar-refractivity contribution in [3.63, 3.8) is 0 Å². The van der Waals surface area contributed by atoms with Gasteiger partial charge in [0.15, 0.2) is 5.78 Å². The molecule has 2 aromatic rings. The maximum absolute atomic E-state index is 14.4. The van der Waals surface area contributed by atoms with E-state index in [0.29, 0.717) is 56.9 Å². The minimum absolute atomic E-state index is 0.0196. The molecule has 7 rings (SSSR count). The van der Waals surface area contributed by atoms with Gasteiger partial charge in [-0.3, -0.25) is 19.2 Å². The van der Waals surface area contributed by atoms with Gasteiger partial charge in [0.2, 0.25) is 17.7 Å². The van der Waals surface area contributed by atoms with Gasteiger partial charge < -0.3 is 23.8 Å². The zero-order valence-corrected chi connectivity index (χ0v) is 30.7. The number of amides is 2. The van der Waals surface area contributed by atoms with Crippen LogP contribution in [0.5, 0.6) is 11.6 Å². The smallest absolute Gasteiger partial charge is 0.362 e. The lowest BCUT2D eigenvalue weighted by atomic mass is 9.90. The van der Waals surface area contributed by atoms with Crippen molar-refractivity contribution in [3.8, 4) is 11.6 Å². The third-order valence-electron chi connectivity index (χ3n) is 11.4. The standard InChI is InChI=1S/C37H47N3O11S/c1-4-24-18-37(24,35(44)39-52(45,46)51-36(2)11-12-36)19-31(41)30-16-27(50-33-28-8-7-25(47-3)15-23(28)9-13-38-33)20-40(30)34(43)29(22-5-6-22)17-32(42)49-26-10-14-48-21-26/h7-9,13,15,22,24,26-27,29-30H,4-6,10-12,14,16-21H2,1-3H3,(H,39,44)/t24-,26+,27-,29+,30+,37-/m1/s1. The SMILES string of the molecule is CC[C@@H]1C[C@]1(CC(=O)[C@@H]1C[C@@H](Oc2nccc3cc(OC)ccc23)CN1C(=O)[C@@H](CC(=O)O[C@H]1CCOC1)C1CC1)C(=O)NS(=O)(=O)OC1(C)CC1. The second-order valence-electron chi connectivity index (χ2n) is 15.3. The highest BCUT2D eigenvalue weighted by Gasteiger charge is 2.62. The molecule has 1 N–H and O–H groups in total. The number of hydrogen-bond acceptors (Lipinski definition) is 12. The van der Waals surface area contributed by atoms with E-state index in [9.17, 15) is 27.6 Å². The van der Waals surface area contributed by atoms with Crippen LogP contribution in [0.15, 0.2) is 30.5 Å². The predicted molar refractivity (Wildman–Crippen MR) is 185 cm³/mol. The summed E-state index contributed by atoms with van der Waals surface area (Å²) in [4.78, 5) is 61.4. The zero-order chi connectivity index (χ0) is 36.8. The zero-order valence-electron chi connectivity index (χ0n) is 29.8. The Labute approximate surface area is 303 Å². The second kappa shape index (κ2) is 14.2. The van der Waals surface area contributed by atoms with Gasteiger partial charge in [-0.15, -0.1) is 0 Å². The highest BCUT2D eigenvalue weighted by molar-refractivity contribution is 7.85. The highest BCUT2D eigenvalue weighted by Crippen LogP contribution is 2.58. The van der Waals surface area contributed by atoms with Crippen molar-refractivity contribution >= 4 is 44.6 Å². The lowest BCUT2D eigenvalue weighted by molar-refractivity contribution is -0.154. The summed E-state index contributed by atoms with van der Waals surface area (Å²) in [5.41, 5.74) is -2.08. The molecule has 5 fully saturated rings. The van der Waals surface area contributed by atoms with E-state index in [4.69, 9.17) is 23.1 Å². The maximum atomic E-state index is 14.4. The van der Waals surface area contributed by atoms with Crippen LogP contribution in [0, 0.1) is 23.2 Å². The summed E-state index contributed by atoms with van der Waals surface area (Å²) in [6.45, 7) is 4.45. The van der Waals surface area contributed by atoms with E-state index in [0.717, 1.165) is 23.6 Å². The number of carbonyl (C=O) groups is 4. The molecule has 14 nitrogen and oxygen atoms in total. The van der Waals surface area contributed by atoms with Crippen molar-refractivity contribution in [1.29, 1.82) is 0 Å². The molecule has 3 aliphatic carbocycles. The molecular formula is C37H47N3O11S. The van der Waals surface area contributed by atoms with Crippen LogP contribution in [0.4, 0.5) is 0 Å². The van der Waals surface area contributed by atoms with E-state index in [1.165, 1.54) is 4.90 Å². The van der Waals surface area contributed by atoms with E-state index in [1.807, 2.05) is 25.1 Å². The van der Waals surface area contributed by atoms with E-state index >= 15 is 0 Å². The molecule has 2 saturated heterocycles. The van der Waals surface area contributed by atoms with Crippen LogP contribution in [0.25, 0.3) is 10.8 Å². The second-order valence-corrected chi connectivity index (χ2v) is 16.6. The molecule has 1 aromatic heterocycles. The summed E-state index contributed by atoms with van der Waals surface area (Å²) in [6.07, 6.45) is 4.60. The number of likely N-dealkylation sites (tertiary alicyclic amines) is 1. The van der Waals surface area contributed by atoms with Crippen LogP contribution in [-0.4, -0.2) is 92.6 Å². The van der Waals surface area contributed by atoms with E-state index in [-0.39, 0.29) is 55.4 Å². The van der Waals surface area contributed by atoms with Gasteiger partial charge in [0.25, 0.3) is 0 Å². The molecule has 3 heterocycles. The van der Waals surface area contributed by atoms with Gasteiger partial charge in [0.05, 0.1) is 56.3 Å². The lowest BCUT2D eigenvalue weighted by Crippen LogP contribution is -2.47. The Morgan fingerprint density at radius 2 is 1.90 bits per heavy atom. The monoisotopic (exact) mass is 741 g/mol. The van der Waals surface area contributed by atoms with Crippen molar-refractivity contribution in [2.75, 3.05) is 26.9 Å². The highest BCUT2D eigenvalue weighted by atomic mass is 32.2. The number of ether oxygens (including phenoxy) is 4. The van der Waals surface area contributed by atoms with E-state index < -0.39 is 51.3 Å². The molecular weight excluding hydrogens is 694 g/mol. The fraction of sp³-hybridized carbons (Fsp3) is 0.649. The number of rotatable bonds is 16. The van der Waals surface area contributed by atoms with Crippen molar-refractivity contribution in [3.05, 3.63) is 30.5 Å². The molecule has 2 amide bonds. The number of esters is 1. The van der Waals surface area contributed by atoms with Gasteiger partial charge in [-0.05, 0) is 80.5 Å².